The van der Waals surface area contributed by atoms with Gasteiger partial charge in [-0.15, -0.1) is 11.3 Å². The molecule has 2 N–H and O–H groups in total. The maximum atomic E-state index is 13.2. The van der Waals surface area contributed by atoms with Gasteiger partial charge in [0, 0.05) is 36.4 Å². The van der Waals surface area contributed by atoms with Crippen molar-refractivity contribution in [2.75, 3.05) is 23.7 Å². The standard InChI is InChI=1S/C18H15FN6S/c19-13-3-1-12(2-4-13)14-10-26-18-16(14)17(24-11-25-18)23-8-7-22-15-9-20-5-6-21-15/h1-6,9-11H,7-8H2,(H,21,22)(H,23,24,25). The predicted octanol–water partition coefficient (Wildman–Crippen LogP) is 3.81. The Labute approximate surface area is 153 Å². The maximum absolute atomic E-state index is 13.2. The molecule has 130 valence electrons. The summed E-state index contributed by atoms with van der Waals surface area (Å²) in [5.74, 6) is 1.24. The van der Waals surface area contributed by atoms with Crippen molar-refractivity contribution in [1.29, 1.82) is 0 Å². The van der Waals surface area contributed by atoms with Gasteiger partial charge in [0.15, 0.2) is 0 Å². The van der Waals surface area contributed by atoms with Crippen LogP contribution in [0.3, 0.4) is 0 Å². The summed E-state index contributed by atoms with van der Waals surface area (Å²) in [6.07, 6.45) is 6.50. The number of hydrogen-bond donors (Lipinski definition) is 2. The molecule has 4 aromatic rings. The second-order valence-electron chi connectivity index (χ2n) is 5.50. The van der Waals surface area contributed by atoms with Crippen molar-refractivity contribution in [2.24, 2.45) is 0 Å². The van der Waals surface area contributed by atoms with Crippen molar-refractivity contribution in [3.63, 3.8) is 0 Å². The first-order valence-corrected chi connectivity index (χ1v) is 8.91. The molecule has 0 aliphatic rings. The first-order valence-electron chi connectivity index (χ1n) is 8.03. The fourth-order valence-corrected chi connectivity index (χ4v) is 3.53. The molecule has 8 heteroatoms. The number of thiophene rings is 1. The molecule has 0 aliphatic carbocycles. The zero-order valence-corrected chi connectivity index (χ0v) is 14.5. The Bertz CT molecular complexity index is 1000. The average molecular weight is 366 g/mol. The van der Waals surface area contributed by atoms with E-state index < -0.39 is 0 Å². The molecule has 3 aromatic heterocycles. The van der Waals surface area contributed by atoms with E-state index in [1.54, 1.807) is 48.4 Å². The summed E-state index contributed by atoms with van der Waals surface area (Å²) in [4.78, 5) is 17.8. The Morgan fingerprint density at radius 2 is 1.81 bits per heavy atom. The van der Waals surface area contributed by atoms with Crippen molar-refractivity contribution in [3.05, 3.63) is 60.4 Å². The number of anilines is 2. The zero-order chi connectivity index (χ0) is 17.8. The summed E-state index contributed by atoms with van der Waals surface area (Å²) in [6, 6.07) is 6.45. The molecule has 0 radical (unpaired) electrons. The van der Waals surface area contributed by atoms with Gasteiger partial charge in [0.05, 0.1) is 11.6 Å². The third kappa shape index (κ3) is 3.45. The molecule has 0 unspecified atom stereocenters. The van der Waals surface area contributed by atoms with Gasteiger partial charge >= 0.3 is 0 Å². The van der Waals surface area contributed by atoms with E-state index in [1.807, 2.05) is 5.38 Å². The van der Waals surface area contributed by atoms with Gasteiger partial charge in [-0.05, 0) is 17.7 Å². The number of halogens is 1. The van der Waals surface area contributed by atoms with Crippen molar-refractivity contribution in [1.82, 2.24) is 19.9 Å². The second-order valence-corrected chi connectivity index (χ2v) is 6.36. The first kappa shape index (κ1) is 16.3. The van der Waals surface area contributed by atoms with Gasteiger partial charge in [0.25, 0.3) is 0 Å². The SMILES string of the molecule is Fc1ccc(-c2csc3ncnc(NCCNc4cnccn4)c23)cc1. The molecule has 1 aromatic carbocycles. The number of hydrogen-bond acceptors (Lipinski definition) is 7. The molecule has 4 rings (SSSR count). The van der Waals surface area contributed by atoms with Gasteiger partial charge in [0.1, 0.15) is 28.6 Å². The smallest absolute Gasteiger partial charge is 0.144 e. The third-order valence-electron chi connectivity index (χ3n) is 3.81. The fourth-order valence-electron chi connectivity index (χ4n) is 2.61. The highest BCUT2D eigenvalue weighted by molar-refractivity contribution is 7.17. The lowest BCUT2D eigenvalue weighted by Crippen LogP contribution is -2.15. The number of benzene rings is 1. The largest absolute Gasteiger partial charge is 0.368 e. The molecule has 26 heavy (non-hydrogen) atoms. The summed E-state index contributed by atoms with van der Waals surface area (Å²) >= 11 is 1.54. The molecule has 0 atom stereocenters. The van der Waals surface area contributed by atoms with E-state index in [-0.39, 0.29) is 5.82 Å². The van der Waals surface area contributed by atoms with E-state index in [0.29, 0.717) is 13.1 Å². The number of fused-ring (bicyclic) bond motifs is 1. The summed E-state index contributed by atoms with van der Waals surface area (Å²) in [7, 11) is 0. The van der Waals surface area contributed by atoms with E-state index in [4.69, 9.17) is 0 Å². The monoisotopic (exact) mass is 366 g/mol. The highest BCUT2D eigenvalue weighted by Gasteiger charge is 2.13. The van der Waals surface area contributed by atoms with Crippen LogP contribution in [-0.4, -0.2) is 33.0 Å². The molecule has 3 heterocycles. The summed E-state index contributed by atoms with van der Waals surface area (Å²) in [5, 5.41) is 9.50. The zero-order valence-electron chi connectivity index (χ0n) is 13.7. The van der Waals surface area contributed by atoms with Crippen molar-refractivity contribution in [2.45, 2.75) is 0 Å². The number of rotatable bonds is 6. The van der Waals surface area contributed by atoms with Crippen LogP contribution in [0.1, 0.15) is 0 Å². The van der Waals surface area contributed by atoms with Gasteiger partial charge in [-0.1, -0.05) is 12.1 Å². The highest BCUT2D eigenvalue weighted by Crippen LogP contribution is 2.36. The molecule has 0 bridgehead atoms. The molecule has 0 amide bonds. The second kappa shape index (κ2) is 7.40. The van der Waals surface area contributed by atoms with Gasteiger partial charge in [-0.25, -0.2) is 19.3 Å². The van der Waals surface area contributed by atoms with Gasteiger partial charge in [-0.3, -0.25) is 4.98 Å². The normalized spacial score (nSPS) is 10.8. The Hall–Kier alpha value is -3.13. The van der Waals surface area contributed by atoms with E-state index in [0.717, 1.165) is 33.0 Å². The number of nitrogens with one attached hydrogen (secondary N) is 2. The lowest BCUT2D eigenvalue weighted by molar-refractivity contribution is 0.628. The van der Waals surface area contributed by atoms with Crippen molar-refractivity contribution in [3.8, 4) is 11.1 Å². The predicted molar refractivity (Wildman–Crippen MR) is 102 cm³/mol. The van der Waals surface area contributed by atoms with E-state index in [1.165, 1.54) is 12.1 Å². The van der Waals surface area contributed by atoms with Crippen LogP contribution in [0.2, 0.25) is 0 Å². The minimum atomic E-state index is -0.252. The Kier molecular flexibility index (Phi) is 4.65. The van der Waals surface area contributed by atoms with E-state index in [2.05, 4.69) is 30.6 Å². The van der Waals surface area contributed by atoms with E-state index >= 15 is 0 Å². The van der Waals surface area contributed by atoms with Crippen molar-refractivity contribution >= 4 is 33.2 Å². The Morgan fingerprint density at radius 1 is 0.962 bits per heavy atom. The minimum Gasteiger partial charge on any atom is -0.368 e. The van der Waals surface area contributed by atoms with Crippen LogP contribution in [0.5, 0.6) is 0 Å². The fraction of sp³-hybridized carbons (Fsp3) is 0.111. The van der Waals surface area contributed by atoms with Gasteiger partial charge in [0.2, 0.25) is 0 Å². The number of nitrogens with zero attached hydrogens (tertiary/aromatic N) is 4. The molecule has 0 fully saturated rings. The Balaban J connectivity index is 1.53. The van der Waals surface area contributed by atoms with E-state index in [9.17, 15) is 4.39 Å². The lowest BCUT2D eigenvalue weighted by atomic mass is 10.1. The average Bonchev–Trinajstić information content (AvgIpc) is 3.12. The van der Waals surface area contributed by atoms with Crippen LogP contribution >= 0.6 is 11.3 Å². The minimum absolute atomic E-state index is 0.252. The quantitative estimate of drug-likeness (QED) is 0.506. The molecule has 0 aliphatic heterocycles. The van der Waals surface area contributed by atoms with Crippen LogP contribution in [0.4, 0.5) is 16.0 Å². The van der Waals surface area contributed by atoms with Crippen LogP contribution < -0.4 is 10.6 Å². The molecule has 0 spiro atoms. The summed E-state index contributed by atoms with van der Waals surface area (Å²) in [6.45, 7) is 1.32. The third-order valence-corrected chi connectivity index (χ3v) is 4.70. The summed E-state index contributed by atoms with van der Waals surface area (Å²) < 4.78 is 13.2. The first-order chi connectivity index (χ1) is 12.8. The highest BCUT2D eigenvalue weighted by atomic mass is 32.1. The maximum Gasteiger partial charge on any atom is 0.144 e. The van der Waals surface area contributed by atoms with Gasteiger partial charge < -0.3 is 10.6 Å². The molecular weight excluding hydrogens is 351 g/mol. The van der Waals surface area contributed by atoms with Crippen LogP contribution in [0.25, 0.3) is 21.3 Å². The van der Waals surface area contributed by atoms with Crippen LogP contribution in [0.15, 0.2) is 54.6 Å². The number of aromatic nitrogens is 4. The van der Waals surface area contributed by atoms with Crippen LogP contribution in [0, 0.1) is 5.82 Å². The molecule has 6 nitrogen and oxygen atoms in total. The van der Waals surface area contributed by atoms with Crippen LogP contribution in [-0.2, 0) is 0 Å². The molecule has 0 saturated heterocycles. The Morgan fingerprint density at radius 3 is 2.62 bits per heavy atom. The lowest BCUT2D eigenvalue weighted by Gasteiger charge is -2.09. The molecular formula is C18H15FN6S. The topological polar surface area (TPSA) is 75.6 Å². The molecule has 0 saturated carbocycles. The summed E-state index contributed by atoms with van der Waals surface area (Å²) in [5.41, 5.74) is 1.93. The van der Waals surface area contributed by atoms with Gasteiger partial charge in [-0.2, -0.15) is 0 Å². The van der Waals surface area contributed by atoms with Crippen molar-refractivity contribution < 1.29 is 4.39 Å².